The molecule has 0 atom stereocenters. The number of anilines is 1. The number of phenolic OH excluding ortho intramolecular Hbond substituents is 1. The Labute approximate surface area is 188 Å². The van der Waals surface area contributed by atoms with Crippen LogP contribution in [0.4, 0.5) is 5.69 Å². The summed E-state index contributed by atoms with van der Waals surface area (Å²) in [5.41, 5.74) is 2.78. The molecule has 1 heterocycles. The van der Waals surface area contributed by atoms with E-state index in [0.29, 0.717) is 25.2 Å². The van der Waals surface area contributed by atoms with Gasteiger partial charge in [-0.1, -0.05) is 48.5 Å². The number of nitrogens with zero attached hydrogens (tertiary/aromatic N) is 2. The molecule has 3 aromatic carbocycles. The first-order valence-electron chi connectivity index (χ1n) is 10.3. The maximum absolute atomic E-state index is 13.3. The molecule has 1 aliphatic rings. The van der Waals surface area contributed by atoms with Gasteiger partial charge >= 0.3 is 0 Å². The fraction of sp³-hybridized carbons (Fsp3) is 0.160. The topological polar surface area (TPSA) is 77.9 Å². The van der Waals surface area contributed by atoms with E-state index in [-0.39, 0.29) is 22.1 Å². The second-order valence-corrected chi connectivity index (χ2v) is 9.52. The van der Waals surface area contributed by atoms with Crippen LogP contribution in [0.3, 0.4) is 0 Å². The number of benzene rings is 3. The molecule has 0 aliphatic carbocycles. The first-order chi connectivity index (χ1) is 15.4. The van der Waals surface area contributed by atoms with Crippen LogP contribution in [0, 0.1) is 0 Å². The van der Waals surface area contributed by atoms with Crippen molar-refractivity contribution in [3.8, 4) is 5.75 Å². The summed E-state index contributed by atoms with van der Waals surface area (Å²) >= 11 is 0. The van der Waals surface area contributed by atoms with Crippen LogP contribution in [-0.4, -0.2) is 44.5 Å². The Kier molecular flexibility index (Phi) is 6.01. The number of sulfonamides is 1. The number of aromatic hydroxyl groups is 1. The Morgan fingerprint density at radius 1 is 0.938 bits per heavy atom. The first kappa shape index (κ1) is 21.6. The van der Waals surface area contributed by atoms with Crippen molar-refractivity contribution < 1.29 is 18.3 Å². The minimum atomic E-state index is -3.92. The van der Waals surface area contributed by atoms with E-state index in [1.54, 1.807) is 59.5 Å². The van der Waals surface area contributed by atoms with E-state index in [4.69, 9.17) is 0 Å². The molecule has 1 aliphatic heterocycles. The van der Waals surface area contributed by atoms with E-state index >= 15 is 0 Å². The van der Waals surface area contributed by atoms with E-state index in [9.17, 15) is 18.3 Å². The number of phenols is 1. The smallest absolute Gasteiger partial charge is 0.264 e. The molecule has 7 heteroatoms. The molecule has 0 radical (unpaired) electrons. The fourth-order valence-corrected chi connectivity index (χ4v) is 5.13. The van der Waals surface area contributed by atoms with Crippen LogP contribution in [0.2, 0.25) is 0 Å². The molecule has 3 aromatic rings. The van der Waals surface area contributed by atoms with Gasteiger partial charge in [-0.25, -0.2) is 8.42 Å². The minimum Gasteiger partial charge on any atom is -0.508 e. The van der Waals surface area contributed by atoms with Crippen LogP contribution in [0.1, 0.15) is 22.3 Å². The van der Waals surface area contributed by atoms with Crippen molar-refractivity contribution in [3.05, 3.63) is 96.1 Å². The lowest BCUT2D eigenvalue weighted by atomic mass is 9.99. The normalized spacial score (nSPS) is 14.0. The van der Waals surface area contributed by atoms with Crippen LogP contribution in [0.25, 0.3) is 5.57 Å². The zero-order valence-electron chi connectivity index (χ0n) is 17.7. The maximum Gasteiger partial charge on any atom is 0.264 e. The van der Waals surface area contributed by atoms with Gasteiger partial charge in [-0.05, 0) is 54.0 Å². The van der Waals surface area contributed by atoms with Crippen molar-refractivity contribution >= 4 is 27.2 Å². The van der Waals surface area contributed by atoms with Crippen LogP contribution in [0.15, 0.2) is 89.8 Å². The van der Waals surface area contributed by atoms with Crippen molar-refractivity contribution in [2.75, 3.05) is 24.4 Å². The van der Waals surface area contributed by atoms with Crippen LogP contribution >= 0.6 is 0 Å². The first-order valence-corrected chi connectivity index (χ1v) is 11.7. The van der Waals surface area contributed by atoms with E-state index < -0.39 is 10.0 Å². The number of carbonyl (C=O) groups excluding carboxylic acids is 1. The molecule has 0 spiro atoms. The zero-order chi connectivity index (χ0) is 22.7. The number of amides is 1. The van der Waals surface area contributed by atoms with Gasteiger partial charge in [0.2, 0.25) is 0 Å². The second kappa shape index (κ2) is 8.88. The molecule has 1 amide bonds. The molecule has 32 heavy (non-hydrogen) atoms. The number of hydrogen-bond donors (Lipinski definition) is 1. The van der Waals surface area contributed by atoms with Gasteiger partial charge in [0.15, 0.2) is 0 Å². The molecule has 0 aromatic heterocycles. The monoisotopic (exact) mass is 448 g/mol. The molecular weight excluding hydrogens is 424 g/mol. The van der Waals surface area contributed by atoms with Gasteiger partial charge in [0, 0.05) is 20.1 Å². The SMILES string of the molecule is CN(c1ccccc1)S(=O)(=O)c1ccccc1C(=O)N1CC=C(c2ccc(O)cc2)CC1. The average Bonchev–Trinajstić information content (AvgIpc) is 2.84. The Hall–Kier alpha value is -3.58. The van der Waals surface area contributed by atoms with E-state index in [0.717, 1.165) is 11.1 Å². The van der Waals surface area contributed by atoms with E-state index in [1.807, 2.05) is 24.3 Å². The molecular formula is C25H24N2O4S. The van der Waals surface area contributed by atoms with Crippen molar-refractivity contribution in [1.82, 2.24) is 4.90 Å². The summed E-state index contributed by atoms with van der Waals surface area (Å²) in [6.45, 7) is 0.867. The molecule has 164 valence electrons. The second-order valence-electron chi connectivity index (χ2n) is 7.58. The highest BCUT2D eigenvalue weighted by molar-refractivity contribution is 7.92. The Bertz CT molecular complexity index is 1250. The molecule has 0 saturated carbocycles. The van der Waals surface area contributed by atoms with Crippen LogP contribution in [-0.2, 0) is 10.0 Å². The van der Waals surface area contributed by atoms with Gasteiger partial charge in [-0.2, -0.15) is 0 Å². The van der Waals surface area contributed by atoms with Crippen LogP contribution < -0.4 is 4.31 Å². The van der Waals surface area contributed by atoms with Gasteiger partial charge < -0.3 is 10.0 Å². The van der Waals surface area contributed by atoms with Gasteiger partial charge in [0.25, 0.3) is 15.9 Å². The summed E-state index contributed by atoms with van der Waals surface area (Å²) in [4.78, 5) is 14.9. The van der Waals surface area contributed by atoms with E-state index in [2.05, 4.69) is 0 Å². The standard InChI is InChI=1S/C25H24N2O4S/c1-26(21-7-3-2-4-8-21)32(30,31)24-10-6-5-9-23(24)25(29)27-17-15-20(16-18-27)19-11-13-22(28)14-12-19/h2-15,28H,16-18H2,1H3. The Balaban J connectivity index is 1.59. The lowest BCUT2D eigenvalue weighted by Crippen LogP contribution is -2.36. The third-order valence-electron chi connectivity index (χ3n) is 5.61. The third kappa shape index (κ3) is 4.24. The predicted molar refractivity (Wildman–Crippen MR) is 125 cm³/mol. The zero-order valence-corrected chi connectivity index (χ0v) is 18.5. The Morgan fingerprint density at radius 2 is 1.59 bits per heavy atom. The molecule has 0 fully saturated rings. The highest BCUT2D eigenvalue weighted by Crippen LogP contribution is 2.28. The van der Waals surface area contributed by atoms with Crippen LogP contribution in [0.5, 0.6) is 5.75 Å². The van der Waals surface area contributed by atoms with Gasteiger partial charge in [-0.3, -0.25) is 9.10 Å². The van der Waals surface area contributed by atoms with E-state index in [1.165, 1.54) is 17.4 Å². The number of carbonyl (C=O) groups is 1. The van der Waals surface area contributed by atoms with Gasteiger partial charge in [-0.15, -0.1) is 0 Å². The van der Waals surface area contributed by atoms with Crippen molar-refractivity contribution in [2.45, 2.75) is 11.3 Å². The largest absolute Gasteiger partial charge is 0.508 e. The summed E-state index contributed by atoms with van der Waals surface area (Å²) in [5, 5.41) is 9.47. The number of hydrogen-bond acceptors (Lipinski definition) is 4. The summed E-state index contributed by atoms with van der Waals surface area (Å²) in [5.74, 6) is -0.105. The predicted octanol–water partition coefficient (Wildman–Crippen LogP) is 4.15. The quantitative estimate of drug-likeness (QED) is 0.636. The molecule has 0 unspecified atom stereocenters. The molecule has 0 bridgehead atoms. The summed E-state index contributed by atoms with van der Waals surface area (Å²) in [6.07, 6.45) is 2.62. The minimum absolute atomic E-state index is 0.00957. The summed E-state index contributed by atoms with van der Waals surface area (Å²) < 4.78 is 27.8. The fourth-order valence-electron chi connectivity index (χ4n) is 3.75. The molecule has 4 rings (SSSR count). The lowest BCUT2D eigenvalue weighted by molar-refractivity contribution is 0.0769. The number of para-hydroxylation sites is 1. The lowest BCUT2D eigenvalue weighted by Gasteiger charge is -2.28. The summed E-state index contributed by atoms with van der Waals surface area (Å²) in [7, 11) is -2.43. The molecule has 6 nitrogen and oxygen atoms in total. The molecule has 0 saturated heterocycles. The summed E-state index contributed by atoms with van der Waals surface area (Å²) in [6, 6.07) is 22.1. The van der Waals surface area contributed by atoms with Crippen molar-refractivity contribution in [1.29, 1.82) is 0 Å². The third-order valence-corrected chi connectivity index (χ3v) is 7.45. The highest BCUT2D eigenvalue weighted by atomic mass is 32.2. The van der Waals surface area contributed by atoms with Crippen molar-refractivity contribution in [2.24, 2.45) is 0 Å². The number of rotatable bonds is 5. The average molecular weight is 449 g/mol. The Morgan fingerprint density at radius 3 is 2.25 bits per heavy atom. The van der Waals surface area contributed by atoms with Gasteiger partial charge in [0.1, 0.15) is 10.6 Å². The maximum atomic E-state index is 13.3. The molecule has 1 N–H and O–H groups in total. The highest BCUT2D eigenvalue weighted by Gasteiger charge is 2.29. The van der Waals surface area contributed by atoms with Crippen molar-refractivity contribution in [3.63, 3.8) is 0 Å². The van der Waals surface area contributed by atoms with Gasteiger partial charge in [0.05, 0.1) is 11.3 Å².